The summed E-state index contributed by atoms with van der Waals surface area (Å²) in [7, 11) is 0. The summed E-state index contributed by atoms with van der Waals surface area (Å²) in [6.07, 6.45) is 0.906. The largest absolute Gasteiger partial charge is 0.324 e. The predicted octanol–water partition coefficient (Wildman–Crippen LogP) is 4.16. The Bertz CT molecular complexity index is 564. The van der Waals surface area contributed by atoms with Crippen LogP contribution in [-0.2, 0) is 6.42 Å². The van der Waals surface area contributed by atoms with Crippen LogP contribution in [0.15, 0.2) is 36.4 Å². The van der Waals surface area contributed by atoms with Crippen molar-refractivity contribution in [1.29, 1.82) is 0 Å². The minimum Gasteiger partial charge on any atom is -0.324 e. The van der Waals surface area contributed by atoms with Gasteiger partial charge in [0.25, 0.3) is 0 Å². The quantitative estimate of drug-likeness (QED) is 0.873. The highest BCUT2D eigenvalue weighted by Gasteiger charge is 2.13. The fourth-order valence-electron chi connectivity index (χ4n) is 2.68. The van der Waals surface area contributed by atoms with Gasteiger partial charge in [-0.1, -0.05) is 36.4 Å². The predicted molar refractivity (Wildman–Crippen MR) is 82.5 cm³/mol. The molecule has 1 nitrogen and oxygen atoms in total. The van der Waals surface area contributed by atoms with Crippen molar-refractivity contribution >= 4 is 0 Å². The summed E-state index contributed by atoms with van der Waals surface area (Å²) in [6.45, 7) is 8.64. The van der Waals surface area contributed by atoms with E-state index in [-0.39, 0.29) is 6.04 Å². The zero-order valence-electron chi connectivity index (χ0n) is 12.3. The second kappa shape index (κ2) is 5.58. The first kappa shape index (κ1) is 13.8. The van der Waals surface area contributed by atoms with Crippen molar-refractivity contribution < 1.29 is 0 Å². The Hall–Kier alpha value is -1.60. The zero-order chi connectivity index (χ0) is 14.0. The van der Waals surface area contributed by atoms with Crippen molar-refractivity contribution in [1.82, 2.24) is 0 Å². The number of aryl methyl sites for hydroxylation is 3. The average Bonchev–Trinajstić information content (AvgIpc) is 2.37. The molecule has 1 unspecified atom stereocenters. The Morgan fingerprint density at radius 3 is 2.00 bits per heavy atom. The summed E-state index contributed by atoms with van der Waals surface area (Å²) in [5.74, 6) is 0. The number of nitrogens with two attached hydrogens (primary N) is 1. The van der Waals surface area contributed by atoms with Crippen LogP contribution >= 0.6 is 0 Å². The standard InChI is InChI=1S/C18H23N/c1-12-7-6-10-16(15(12)4)18(19)11-17-13(2)8-5-9-14(17)3/h5-10,18H,11,19H2,1-4H3. The van der Waals surface area contributed by atoms with Crippen molar-refractivity contribution in [2.75, 3.05) is 0 Å². The summed E-state index contributed by atoms with van der Waals surface area (Å²) >= 11 is 0. The molecule has 2 rings (SSSR count). The summed E-state index contributed by atoms with van der Waals surface area (Å²) in [5.41, 5.74) is 14.4. The molecule has 0 spiro atoms. The lowest BCUT2D eigenvalue weighted by atomic mass is 9.90. The molecule has 0 aliphatic heterocycles. The number of benzene rings is 2. The van der Waals surface area contributed by atoms with Gasteiger partial charge in [-0.25, -0.2) is 0 Å². The van der Waals surface area contributed by atoms with E-state index in [0.717, 1.165) is 6.42 Å². The normalized spacial score (nSPS) is 12.5. The molecule has 0 aliphatic rings. The van der Waals surface area contributed by atoms with Crippen LogP contribution in [0.4, 0.5) is 0 Å². The van der Waals surface area contributed by atoms with E-state index in [1.54, 1.807) is 0 Å². The monoisotopic (exact) mass is 253 g/mol. The molecule has 0 saturated heterocycles. The Morgan fingerprint density at radius 2 is 1.37 bits per heavy atom. The molecule has 0 saturated carbocycles. The van der Waals surface area contributed by atoms with Gasteiger partial charge in [-0.15, -0.1) is 0 Å². The molecule has 0 bridgehead atoms. The van der Waals surface area contributed by atoms with Crippen molar-refractivity contribution in [3.8, 4) is 0 Å². The Balaban J connectivity index is 2.31. The molecule has 2 N–H and O–H groups in total. The topological polar surface area (TPSA) is 26.0 Å². The van der Waals surface area contributed by atoms with Crippen LogP contribution in [-0.4, -0.2) is 0 Å². The summed E-state index contributed by atoms with van der Waals surface area (Å²) < 4.78 is 0. The Morgan fingerprint density at radius 1 is 0.842 bits per heavy atom. The van der Waals surface area contributed by atoms with E-state index in [1.165, 1.54) is 33.4 Å². The number of rotatable bonds is 3. The lowest BCUT2D eigenvalue weighted by molar-refractivity contribution is 0.709. The van der Waals surface area contributed by atoms with Gasteiger partial charge in [-0.05, 0) is 67.5 Å². The first-order chi connectivity index (χ1) is 9.00. The van der Waals surface area contributed by atoms with Gasteiger partial charge < -0.3 is 5.73 Å². The van der Waals surface area contributed by atoms with E-state index in [1.807, 2.05) is 0 Å². The van der Waals surface area contributed by atoms with Crippen LogP contribution in [0.2, 0.25) is 0 Å². The maximum Gasteiger partial charge on any atom is 0.0338 e. The van der Waals surface area contributed by atoms with E-state index in [9.17, 15) is 0 Å². The molecule has 2 aromatic carbocycles. The molecule has 0 aliphatic carbocycles. The van der Waals surface area contributed by atoms with Gasteiger partial charge in [-0.2, -0.15) is 0 Å². The lowest BCUT2D eigenvalue weighted by Crippen LogP contribution is -2.16. The minimum atomic E-state index is 0.0692. The van der Waals surface area contributed by atoms with Crippen molar-refractivity contribution in [2.24, 2.45) is 5.73 Å². The lowest BCUT2D eigenvalue weighted by Gasteiger charge is -2.19. The summed E-state index contributed by atoms with van der Waals surface area (Å²) in [6, 6.07) is 12.9. The molecule has 0 heterocycles. The van der Waals surface area contributed by atoms with Gasteiger partial charge in [0.1, 0.15) is 0 Å². The fourth-order valence-corrected chi connectivity index (χ4v) is 2.68. The SMILES string of the molecule is Cc1cccc(C(N)Cc2c(C)cccc2C)c1C. The van der Waals surface area contributed by atoms with E-state index in [2.05, 4.69) is 64.1 Å². The highest BCUT2D eigenvalue weighted by molar-refractivity contribution is 5.39. The van der Waals surface area contributed by atoms with Crippen LogP contribution < -0.4 is 5.73 Å². The summed E-state index contributed by atoms with van der Waals surface area (Å²) in [4.78, 5) is 0. The average molecular weight is 253 g/mol. The number of hydrogen-bond acceptors (Lipinski definition) is 1. The highest BCUT2D eigenvalue weighted by atomic mass is 14.6. The molecule has 0 amide bonds. The van der Waals surface area contributed by atoms with Crippen LogP contribution in [0.3, 0.4) is 0 Å². The first-order valence-electron chi connectivity index (χ1n) is 6.87. The molecular weight excluding hydrogens is 230 g/mol. The van der Waals surface area contributed by atoms with Gasteiger partial charge in [0.15, 0.2) is 0 Å². The van der Waals surface area contributed by atoms with Crippen LogP contribution in [0.25, 0.3) is 0 Å². The Labute approximate surface area is 116 Å². The zero-order valence-corrected chi connectivity index (χ0v) is 12.3. The van der Waals surface area contributed by atoms with E-state index >= 15 is 0 Å². The van der Waals surface area contributed by atoms with Gasteiger partial charge in [0.2, 0.25) is 0 Å². The minimum absolute atomic E-state index is 0.0692. The Kier molecular flexibility index (Phi) is 4.06. The van der Waals surface area contributed by atoms with Crippen molar-refractivity contribution in [3.05, 3.63) is 69.8 Å². The smallest absolute Gasteiger partial charge is 0.0338 e. The molecule has 0 aromatic heterocycles. The third-order valence-electron chi connectivity index (χ3n) is 4.11. The first-order valence-corrected chi connectivity index (χ1v) is 6.87. The molecule has 0 fully saturated rings. The second-order valence-electron chi connectivity index (χ2n) is 5.47. The molecule has 1 heteroatoms. The van der Waals surface area contributed by atoms with E-state index < -0.39 is 0 Å². The molecule has 100 valence electrons. The summed E-state index contributed by atoms with van der Waals surface area (Å²) in [5, 5.41) is 0. The second-order valence-corrected chi connectivity index (χ2v) is 5.47. The molecule has 19 heavy (non-hydrogen) atoms. The maximum absolute atomic E-state index is 6.43. The molecular formula is C18H23N. The van der Waals surface area contributed by atoms with E-state index in [0.29, 0.717) is 0 Å². The number of hydrogen-bond donors (Lipinski definition) is 1. The van der Waals surface area contributed by atoms with Gasteiger partial charge in [0.05, 0.1) is 0 Å². The molecule has 0 radical (unpaired) electrons. The van der Waals surface area contributed by atoms with E-state index in [4.69, 9.17) is 5.73 Å². The highest BCUT2D eigenvalue weighted by Crippen LogP contribution is 2.24. The van der Waals surface area contributed by atoms with Gasteiger partial charge in [-0.3, -0.25) is 0 Å². The van der Waals surface area contributed by atoms with Crippen LogP contribution in [0.1, 0.15) is 39.4 Å². The van der Waals surface area contributed by atoms with Crippen LogP contribution in [0.5, 0.6) is 0 Å². The molecule has 1 atom stereocenters. The van der Waals surface area contributed by atoms with Crippen LogP contribution in [0, 0.1) is 27.7 Å². The van der Waals surface area contributed by atoms with Crippen molar-refractivity contribution in [3.63, 3.8) is 0 Å². The van der Waals surface area contributed by atoms with Gasteiger partial charge >= 0.3 is 0 Å². The fraction of sp³-hybridized carbons (Fsp3) is 0.333. The molecule has 2 aromatic rings. The third kappa shape index (κ3) is 2.87. The maximum atomic E-state index is 6.43. The van der Waals surface area contributed by atoms with Gasteiger partial charge in [0, 0.05) is 6.04 Å². The van der Waals surface area contributed by atoms with Crippen molar-refractivity contribution in [2.45, 2.75) is 40.2 Å². The third-order valence-corrected chi connectivity index (χ3v) is 4.11.